The molecular formula is C18H15NOS. The van der Waals surface area contributed by atoms with Gasteiger partial charge >= 0.3 is 0 Å². The van der Waals surface area contributed by atoms with Crippen LogP contribution in [0.5, 0.6) is 5.75 Å². The summed E-state index contributed by atoms with van der Waals surface area (Å²) in [4.78, 5) is 5.77. The van der Waals surface area contributed by atoms with Gasteiger partial charge in [0.05, 0.1) is 12.8 Å². The molecule has 0 saturated carbocycles. The largest absolute Gasteiger partial charge is 0.497 e. The second-order valence-corrected chi connectivity index (χ2v) is 5.51. The summed E-state index contributed by atoms with van der Waals surface area (Å²) in [7, 11) is 1.66. The summed E-state index contributed by atoms with van der Waals surface area (Å²) in [6.45, 7) is 0. The van der Waals surface area contributed by atoms with Crippen molar-refractivity contribution in [1.82, 2.24) is 0 Å². The van der Waals surface area contributed by atoms with Crippen LogP contribution in [0.2, 0.25) is 0 Å². The fourth-order valence-corrected chi connectivity index (χ4v) is 2.76. The first-order valence-electron chi connectivity index (χ1n) is 6.67. The minimum Gasteiger partial charge on any atom is -0.497 e. The molecule has 0 fully saturated rings. The van der Waals surface area contributed by atoms with Crippen LogP contribution < -0.4 is 4.74 Å². The van der Waals surface area contributed by atoms with Crippen LogP contribution in [0, 0.1) is 0 Å². The van der Waals surface area contributed by atoms with Crippen LogP contribution in [0.4, 0.5) is 5.69 Å². The van der Waals surface area contributed by atoms with E-state index in [-0.39, 0.29) is 0 Å². The number of hydrogen-bond acceptors (Lipinski definition) is 3. The van der Waals surface area contributed by atoms with E-state index in [4.69, 9.17) is 4.74 Å². The maximum absolute atomic E-state index is 5.14. The van der Waals surface area contributed by atoms with Gasteiger partial charge in [-0.25, -0.2) is 0 Å². The first kappa shape index (κ1) is 13.6. The van der Waals surface area contributed by atoms with Gasteiger partial charge < -0.3 is 4.74 Å². The number of benzene rings is 2. The summed E-state index contributed by atoms with van der Waals surface area (Å²) in [5.74, 6) is 0.841. The lowest BCUT2D eigenvalue weighted by molar-refractivity contribution is 0.415. The molecule has 2 aromatic carbocycles. The Labute approximate surface area is 128 Å². The van der Waals surface area contributed by atoms with E-state index in [1.807, 2.05) is 30.5 Å². The highest BCUT2D eigenvalue weighted by Crippen LogP contribution is 2.25. The molecular weight excluding hydrogens is 278 g/mol. The van der Waals surface area contributed by atoms with E-state index in [0.717, 1.165) is 17.0 Å². The van der Waals surface area contributed by atoms with E-state index in [0.29, 0.717) is 0 Å². The molecule has 0 radical (unpaired) electrons. The minimum absolute atomic E-state index is 0.841. The first-order valence-corrected chi connectivity index (χ1v) is 7.55. The van der Waals surface area contributed by atoms with Crippen molar-refractivity contribution in [3.63, 3.8) is 0 Å². The molecule has 0 aliphatic rings. The Morgan fingerprint density at radius 2 is 1.86 bits per heavy atom. The fourth-order valence-electron chi connectivity index (χ4n) is 2.03. The molecule has 1 heterocycles. The van der Waals surface area contributed by atoms with Gasteiger partial charge in [0.1, 0.15) is 5.75 Å². The molecule has 3 rings (SSSR count). The lowest BCUT2D eigenvalue weighted by Crippen LogP contribution is -1.82. The predicted octanol–water partition coefficient (Wildman–Crippen LogP) is 5.17. The molecule has 0 bridgehead atoms. The maximum atomic E-state index is 5.14. The van der Waals surface area contributed by atoms with Gasteiger partial charge in [0.15, 0.2) is 0 Å². The quantitative estimate of drug-likeness (QED) is 0.608. The Morgan fingerprint density at radius 1 is 1.00 bits per heavy atom. The normalized spacial score (nSPS) is 10.9. The smallest absolute Gasteiger partial charge is 0.119 e. The molecule has 0 N–H and O–H groups in total. The number of rotatable bonds is 4. The van der Waals surface area contributed by atoms with E-state index in [1.54, 1.807) is 18.4 Å². The van der Waals surface area contributed by atoms with Crippen molar-refractivity contribution in [3.8, 4) is 16.2 Å². The Kier molecular flexibility index (Phi) is 4.12. The van der Waals surface area contributed by atoms with E-state index < -0.39 is 0 Å². The summed E-state index contributed by atoms with van der Waals surface area (Å²) in [5.41, 5.74) is 3.23. The summed E-state index contributed by atoms with van der Waals surface area (Å²) in [5, 5.41) is 2.09. The molecule has 0 aliphatic heterocycles. The zero-order valence-corrected chi connectivity index (χ0v) is 12.5. The van der Waals surface area contributed by atoms with E-state index in [9.17, 15) is 0 Å². The highest BCUT2D eigenvalue weighted by atomic mass is 32.1. The second-order valence-electron chi connectivity index (χ2n) is 4.56. The van der Waals surface area contributed by atoms with Gasteiger partial charge in [0.25, 0.3) is 0 Å². The average molecular weight is 293 g/mol. The number of nitrogens with zero attached hydrogens (tertiary/aromatic N) is 1. The van der Waals surface area contributed by atoms with Crippen LogP contribution >= 0.6 is 11.3 Å². The molecule has 1 aromatic heterocycles. The van der Waals surface area contributed by atoms with Crippen LogP contribution in [0.15, 0.2) is 71.0 Å². The molecule has 0 amide bonds. The average Bonchev–Trinajstić information content (AvgIpc) is 3.08. The van der Waals surface area contributed by atoms with Crippen LogP contribution in [0.25, 0.3) is 10.4 Å². The standard InChI is InChI=1S/C18H15NOS/c1-20-17-9-7-16(8-10-17)19-13-14-4-2-5-15(12-14)18-6-3-11-21-18/h2-13H,1H3. The molecule has 3 heteroatoms. The molecule has 0 atom stereocenters. The SMILES string of the molecule is COc1ccc(N=Cc2cccc(-c3cccs3)c2)cc1. The maximum Gasteiger partial charge on any atom is 0.119 e. The first-order chi connectivity index (χ1) is 10.3. The van der Waals surface area contributed by atoms with E-state index in [1.165, 1.54) is 10.4 Å². The van der Waals surface area contributed by atoms with Crippen LogP contribution in [0.1, 0.15) is 5.56 Å². The van der Waals surface area contributed by atoms with Gasteiger partial charge in [-0.15, -0.1) is 11.3 Å². The van der Waals surface area contributed by atoms with Crippen molar-refractivity contribution in [2.45, 2.75) is 0 Å². The number of thiophene rings is 1. The monoisotopic (exact) mass is 293 g/mol. The van der Waals surface area contributed by atoms with Crippen LogP contribution in [-0.4, -0.2) is 13.3 Å². The zero-order chi connectivity index (χ0) is 14.5. The van der Waals surface area contributed by atoms with Crippen LogP contribution in [-0.2, 0) is 0 Å². The summed E-state index contributed by atoms with van der Waals surface area (Å²) in [6, 6.07) is 20.3. The molecule has 3 aromatic rings. The topological polar surface area (TPSA) is 21.6 Å². The Morgan fingerprint density at radius 3 is 2.57 bits per heavy atom. The van der Waals surface area contributed by atoms with Crippen molar-refractivity contribution in [2.75, 3.05) is 7.11 Å². The lowest BCUT2D eigenvalue weighted by Gasteiger charge is -2.00. The van der Waals surface area contributed by atoms with E-state index in [2.05, 4.69) is 46.8 Å². The minimum atomic E-state index is 0.841. The molecule has 2 nitrogen and oxygen atoms in total. The predicted molar refractivity (Wildman–Crippen MR) is 90.0 cm³/mol. The number of ether oxygens (including phenoxy) is 1. The second kappa shape index (κ2) is 6.37. The third kappa shape index (κ3) is 3.38. The number of aliphatic imine (C=N–C) groups is 1. The molecule has 0 saturated heterocycles. The van der Waals surface area contributed by atoms with Crippen molar-refractivity contribution < 1.29 is 4.74 Å². The van der Waals surface area contributed by atoms with E-state index >= 15 is 0 Å². The highest BCUT2D eigenvalue weighted by Gasteiger charge is 1.99. The van der Waals surface area contributed by atoms with Gasteiger partial charge in [-0.05, 0) is 52.9 Å². The fraction of sp³-hybridized carbons (Fsp3) is 0.0556. The Balaban J connectivity index is 1.80. The van der Waals surface area contributed by atoms with Crippen molar-refractivity contribution in [2.24, 2.45) is 4.99 Å². The molecule has 21 heavy (non-hydrogen) atoms. The van der Waals surface area contributed by atoms with Gasteiger partial charge in [-0.2, -0.15) is 0 Å². The molecule has 0 aliphatic carbocycles. The molecule has 104 valence electrons. The van der Waals surface area contributed by atoms with Crippen molar-refractivity contribution in [3.05, 3.63) is 71.6 Å². The lowest BCUT2D eigenvalue weighted by atomic mass is 10.1. The Hall–Kier alpha value is -2.39. The number of methoxy groups -OCH3 is 1. The van der Waals surface area contributed by atoms with Gasteiger partial charge in [0.2, 0.25) is 0 Å². The summed E-state index contributed by atoms with van der Waals surface area (Å²) in [6.07, 6.45) is 1.89. The highest BCUT2D eigenvalue weighted by molar-refractivity contribution is 7.13. The Bertz CT molecular complexity index is 730. The summed E-state index contributed by atoms with van der Waals surface area (Å²) >= 11 is 1.74. The molecule has 0 unspecified atom stereocenters. The third-order valence-electron chi connectivity index (χ3n) is 3.13. The van der Waals surface area contributed by atoms with Crippen molar-refractivity contribution in [1.29, 1.82) is 0 Å². The van der Waals surface area contributed by atoms with Gasteiger partial charge in [0, 0.05) is 11.1 Å². The third-order valence-corrected chi connectivity index (χ3v) is 4.05. The van der Waals surface area contributed by atoms with Crippen LogP contribution in [0.3, 0.4) is 0 Å². The zero-order valence-electron chi connectivity index (χ0n) is 11.7. The van der Waals surface area contributed by atoms with Crippen molar-refractivity contribution >= 4 is 23.2 Å². The van der Waals surface area contributed by atoms with Gasteiger partial charge in [-0.3, -0.25) is 4.99 Å². The summed E-state index contributed by atoms with van der Waals surface area (Å²) < 4.78 is 5.14. The molecule has 0 spiro atoms. The van der Waals surface area contributed by atoms with Gasteiger partial charge in [-0.1, -0.05) is 24.3 Å². The number of hydrogen-bond donors (Lipinski definition) is 0.